The smallest absolute Gasteiger partial charge is 0.148 e. The van der Waals surface area contributed by atoms with Crippen molar-refractivity contribution < 1.29 is 9.13 Å². The lowest BCUT2D eigenvalue weighted by Gasteiger charge is -2.26. The Morgan fingerprint density at radius 2 is 1.83 bits per heavy atom. The number of hydrogen-bond acceptors (Lipinski definition) is 5. The molecule has 0 radical (unpaired) electrons. The molecule has 1 aromatic heterocycles. The second-order valence-electron chi connectivity index (χ2n) is 5.55. The van der Waals surface area contributed by atoms with E-state index in [1.807, 2.05) is 12.1 Å². The van der Waals surface area contributed by atoms with Crippen LogP contribution in [0.4, 0.5) is 10.2 Å². The van der Waals surface area contributed by atoms with E-state index >= 15 is 0 Å². The number of nitrogens with one attached hydrogen (secondary N) is 1. The number of nitrogens with zero attached hydrogens (tertiary/aromatic N) is 3. The van der Waals surface area contributed by atoms with Crippen molar-refractivity contribution in [3.8, 4) is 11.3 Å². The van der Waals surface area contributed by atoms with Gasteiger partial charge in [-0.3, -0.25) is 4.90 Å². The molecule has 0 spiro atoms. The standard InChI is InChI=1S/C17H21FN4O/c18-15-4-2-14(3-5-15)16-6-7-17(21-20-16)19-8-1-9-22-10-12-23-13-11-22/h2-7H,1,8-13H2,(H,19,21). The molecule has 2 aromatic rings. The van der Waals surface area contributed by atoms with Gasteiger partial charge >= 0.3 is 0 Å². The Balaban J connectivity index is 1.45. The van der Waals surface area contributed by atoms with Gasteiger partial charge in [0.05, 0.1) is 18.9 Å². The summed E-state index contributed by atoms with van der Waals surface area (Å²) in [7, 11) is 0. The van der Waals surface area contributed by atoms with Crippen LogP contribution in [-0.2, 0) is 4.74 Å². The van der Waals surface area contributed by atoms with E-state index in [1.54, 1.807) is 12.1 Å². The lowest BCUT2D eigenvalue weighted by atomic mass is 10.1. The van der Waals surface area contributed by atoms with Crippen LogP contribution in [0.2, 0.25) is 0 Å². The third-order valence-corrected chi connectivity index (χ3v) is 3.87. The quantitative estimate of drug-likeness (QED) is 0.830. The van der Waals surface area contributed by atoms with Crippen molar-refractivity contribution in [2.24, 2.45) is 0 Å². The van der Waals surface area contributed by atoms with Crippen molar-refractivity contribution in [2.75, 3.05) is 44.7 Å². The summed E-state index contributed by atoms with van der Waals surface area (Å²) in [6, 6.07) is 10.1. The molecule has 1 aliphatic heterocycles. The Morgan fingerprint density at radius 1 is 1.04 bits per heavy atom. The fourth-order valence-corrected chi connectivity index (χ4v) is 2.55. The van der Waals surface area contributed by atoms with Gasteiger partial charge in [-0.1, -0.05) is 0 Å². The zero-order valence-corrected chi connectivity index (χ0v) is 13.0. The maximum Gasteiger partial charge on any atom is 0.148 e. The first-order chi connectivity index (χ1) is 11.3. The van der Waals surface area contributed by atoms with Gasteiger partial charge in [0, 0.05) is 25.2 Å². The van der Waals surface area contributed by atoms with Gasteiger partial charge in [-0.05, 0) is 49.4 Å². The third-order valence-electron chi connectivity index (χ3n) is 3.87. The summed E-state index contributed by atoms with van der Waals surface area (Å²) < 4.78 is 18.3. The van der Waals surface area contributed by atoms with Crippen LogP contribution in [0.1, 0.15) is 6.42 Å². The maximum absolute atomic E-state index is 12.9. The molecule has 23 heavy (non-hydrogen) atoms. The Hall–Kier alpha value is -2.05. The molecule has 5 nitrogen and oxygen atoms in total. The molecule has 0 atom stereocenters. The summed E-state index contributed by atoms with van der Waals surface area (Å²) >= 11 is 0. The van der Waals surface area contributed by atoms with Crippen LogP contribution in [0, 0.1) is 5.82 Å². The van der Waals surface area contributed by atoms with Gasteiger partial charge in [0.25, 0.3) is 0 Å². The highest BCUT2D eigenvalue weighted by molar-refractivity contribution is 5.59. The predicted molar refractivity (Wildman–Crippen MR) is 87.8 cm³/mol. The van der Waals surface area contributed by atoms with Gasteiger partial charge < -0.3 is 10.1 Å². The summed E-state index contributed by atoms with van der Waals surface area (Å²) in [5.74, 6) is 0.512. The molecule has 6 heteroatoms. The van der Waals surface area contributed by atoms with E-state index in [0.717, 1.165) is 62.9 Å². The summed E-state index contributed by atoms with van der Waals surface area (Å²) in [5, 5.41) is 11.6. The van der Waals surface area contributed by atoms with Crippen LogP contribution < -0.4 is 5.32 Å². The van der Waals surface area contributed by atoms with Crippen molar-refractivity contribution in [2.45, 2.75) is 6.42 Å². The number of benzene rings is 1. The molecule has 0 bridgehead atoms. The van der Waals surface area contributed by atoms with Gasteiger partial charge in [-0.15, -0.1) is 10.2 Å². The first kappa shape index (κ1) is 15.8. The van der Waals surface area contributed by atoms with Crippen LogP contribution in [0.25, 0.3) is 11.3 Å². The number of rotatable bonds is 6. The second kappa shape index (κ2) is 7.99. The molecule has 122 valence electrons. The molecule has 1 N–H and O–H groups in total. The number of halogens is 1. The highest BCUT2D eigenvalue weighted by Gasteiger charge is 2.09. The van der Waals surface area contributed by atoms with Crippen LogP contribution in [-0.4, -0.2) is 54.5 Å². The largest absolute Gasteiger partial charge is 0.379 e. The van der Waals surface area contributed by atoms with E-state index in [-0.39, 0.29) is 5.82 Å². The van der Waals surface area contributed by atoms with Crippen molar-refractivity contribution >= 4 is 5.82 Å². The minimum Gasteiger partial charge on any atom is -0.379 e. The normalized spacial score (nSPS) is 15.5. The van der Waals surface area contributed by atoms with Crippen molar-refractivity contribution in [1.29, 1.82) is 0 Å². The van der Waals surface area contributed by atoms with E-state index in [4.69, 9.17) is 4.74 Å². The maximum atomic E-state index is 12.9. The van der Waals surface area contributed by atoms with Crippen molar-refractivity contribution in [3.05, 3.63) is 42.2 Å². The van der Waals surface area contributed by atoms with Gasteiger partial charge in [-0.25, -0.2) is 4.39 Å². The fourth-order valence-electron chi connectivity index (χ4n) is 2.55. The van der Waals surface area contributed by atoms with Crippen LogP contribution in [0.3, 0.4) is 0 Å². The van der Waals surface area contributed by atoms with Crippen LogP contribution >= 0.6 is 0 Å². The van der Waals surface area contributed by atoms with Gasteiger partial charge in [-0.2, -0.15) is 0 Å². The minimum absolute atomic E-state index is 0.250. The molecule has 0 aliphatic carbocycles. The number of aromatic nitrogens is 2. The molecular weight excluding hydrogens is 295 g/mol. The van der Waals surface area contributed by atoms with E-state index in [0.29, 0.717) is 0 Å². The first-order valence-electron chi connectivity index (χ1n) is 7.95. The molecule has 3 rings (SSSR count). The SMILES string of the molecule is Fc1ccc(-c2ccc(NCCCN3CCOCC3)nn2)cc1. The van der Waals surface area contributed by atoms with Gasteiger partial charge in [0.2, 0.25) is 0 Å². The average molecular weight is 316 g/mol. The van der Waals surface area contributed by atoms with E-state index < -0.39 is 0 Å². The number of morpholine rings is 1. The molecule has 1 saturated heterocycles. The second-order valence-corrected chi connectivity index (χ2v) is 5.55. The van der Waals surface area contributed by atoms with Crippen LogP contribution in [0.15, 0.2) is 36.4 Å². The zero-order valence-electron chi connectivity index (χ0n) is 13.0. The summed E-state index contributed by atoms with van der Waals surface area (Å²) in [6.45, 7) is 5.64. The molecule has 0 amide bonds. The minimum atomic E-state index is -0.250. The van der Waals surface area contributed by atoms with Crippen molar-refractivity contribution in [3.63, 3.8) is 0 Å². The van der Waals surface area contributed by atoms with Crippen molar-refractivity contribution in [1.82, 2.24) is 15.1 Å². The molecule has 0 unspecified atom stereocenters. The lowest BCUT2D eigenvalue weighted by Crippen LogP contribution is -2.37. The lowest BCUT2D eigenvalue weighted by molar-refractivity contribution is 0.0378. The van der Waals surface area contributed by atoms with E-state index in [2.05, 4.69) is 20.4 Å². The Kier molecular flexibility index (Phi) is 5.50. The topological polar surface area (TPSA) is 50.3 Å². The zero-order chi connectivity index (χ0) is 15.9. The first-order valence-corrected chi connectivity index (χ1v) is 7.95. The molecule has 1 aliphatic rings. The Morgan fingerprint density at radius 3 is 2.52 bits per heavy atom. The molecule has 1 aromatic carbocycles. The highest BCUT2D eigenvalue weighted by Crippen LogP contribution is 2.17. The van der Waals surface area contributed by atoms with E-state index in [1.165, 1.54) is 12.1 Å². The van der Waals surface area contributed by atoms with Crippen LogP contribution in [0.5, 0.6) is 0 Å². The molecular formula is C17H21FN4O. The van der Waals surface area contributed by atoms with Gasteiger partial charge in [0.15, 0.2) is 0 Å². The number of ether oxygens (including phenoxy) is 1. The summed E-state index contributed by atoms with van der Waals surface area (Å²) in [4.78, 5) is 2.41. The predicted octanol–water partition coefficient (Wildman–Crippen LogP) is 2.42. The highest BCUT2D eigenvalue weighted by atomic mass is 19.1. The summed E-state index contributed by atoms with van der Waals surface area (Å²) in [5.41, 5.74) is 1.60. The Bertz CT molecular complexity index is 597. The average Bonchev–Trinajstić information content (AvgIpc) is 2.61. The van der Waals surface area contributed by atoms with E-state index in [9.17, 15) is 4.39 Å². The summed E-state index contributed by atoms with van der Waals surface area (Å²) in [6.07, 6.45) is 1.06. The number of anilines is 1. The monoisotopic (exact) mass is 316 g/mol. The number of hydrogen-bond donors (Lipinski definition) is 1. The molecule has 2 heterocycles. The van der Waals surface area contributed by atoms with Gasteiger partial charge in [0.1, 0.15) is 11.6 Å². The third kappa shape index (κ3) is 4.71. The molecule has 0 saturated carbocycles. The fraction of sp³-hybridized carbons (Fsp3) is 0.412. The molecule has 1 fully saturated rings. The Labute approximate surface area is 135 Å².